The molecule has 19 heavy (non-hydrogen) atoms. The molecule has 2 N–H and O–H groups in total. The van der Waals surface area contributed by atoms with E-state index in [4.69, 9.17) is 10.5 Å². The Bertz CT molecular complexity index is 703. The summed E-state index contributed by atoms with van der Waals surface area (Å²) in [5.74, 6) is 1.61. The maximum Gasteiger partial charge on any atom is 0.164 e. The molecular weight excluding hydrogens is 240 g/mol. The normalized spacial score (nSPS) is 10.8. The second kappa shape index (κ2) is 4.70. The summed E-state index contributed by atoms with van der Waals surface area (Å²) < 4.78 is 7.13. The molecule has 0 saturated carbocycles. The fourth-order valence-corrected chi connectivity index (χ4v) is 2.10. The van der Waals surface area contributed by atoms with Crippen LogP contribution in [0.4, 0.5) is 0 Å². The summed E-state index contributed by atoms with van der Waals surface area (Å²) >= 11 is 0. The Morgan fingerprint density at radius 2 is 2.00 bits per heavy atom. The lowest BCUT2D eigenvalue weighted by Gasteiger charge is -2.08. The lowest BCUT2D eigenvalue weighted by Crippen LogP contribution is -2.07. The molecule has 0 aliphatic heterocycles. The second-order valence-electron chi connectivity index (χ2n) is 4.11. The van der Waals surface area contributed by atoms with Crippen LogP contribution >= 0.6 is 0 Å². The molecule has 0 aliphatic carbocycles. The highest BCUT2D eigenvalue weighted by molar-refractivity contribution is 5.73. The van der Waals surface area contributed by atoms with Crippen LogP contribution in [0.25, 0.3) is 16.9 Å². The van der Waals surface area contributed by atoms with E-state index in [9.17, 15) is 0 Å². The zero-order chi connectivity index (χ0) is 13.2. The molecule has 5 nitrogen and oxygen atoms in total. The number of rotatable bonds is 3. The monoisotopic (exact) mass is 254 g/mol. The molecule has 0 bridgehead atoms. The molecule has 0 saturated heterocycles. The van der Waals surface area contributed by atoms with Crippen LogP contribution in [-0.2, 0) is 6.54 Å². The van der Waals surface area contributed by atoms with Crippen LogP contribution in [0.5, 0.6) is 5.75 Å². The Labute approximate surface area is 110 Å². The molecule has 0 spiro atoms. The van der Waals surface area contributed by atoms with Gasteiger partial charge in [0, 0.05) is 11.9 Å². The first kappa shape index (κ1) is 11.7. The summed E-state index contributed by atoms with van der Waals surface area (Å²) in [6.07, 6.45) is 1.75. The highest BCUT2D eigenvalue weighted by Crippen LogP contribution is 2.21. The molecular formula is C14H14N4O. The minimum atomic E-state index is 0.363. The molecule has 3 aromatic rings. The van der Waals surface area contributed by atoms with Crippen molar-refractivity contribution in [2.75, 3.05) is 7.11 Å². The third-order valence-corrected chi connectivity index (χ3v) is 3.00. The van der Waals surface area contributed by atoms with Crippen LogP contribution in [0.2, 0.25) is 0 Å². The maximum atomic E-state index is 5.77. The predicted octanol–water partition coefficient (Wildman–Crippen LogP) is 1.89. The van der Waals surface area contributed by atoms with Crippen LogP contribution < -0.4 is 10.5 Å². The van der Waals surface area contributed by atoms with Gasteiger partial charge in [0.05, 0.1) is 13.7 Å². The quantitative estimate of drug-likeness (QED) is 0.775. The third-order valence-electron chi connectivity index (χ3n) is 3.00. The number of hydrogen-bond acceptors (Lipinski definition) is 4. The number of methoxy groups -OCH3 is 1. The van der Waals surface area contributed by atoms with Gasteiger partial charge in [-0.1, -0.05) is 0 Å². The topological polar surface area (TPSA) is 66.0 Å². The molecule has 3 rings (SSSR count). The summed E-state index contributed by atoms with van der Waals surface area (Å²) in [6, 6.07) is 11.5. The van der Waals surface area contributed by atoms with Crippen molar-refractivity contribution in [3.05, 3.63) is 48.4 Å². The summed E-state index contributed by atoms with van der Waals surface area (Å²) in [5, 5.41) is 0. The molecule has 2 heterocycles. The standard InChI is InChI=1S/C14H14N4O/c1-19-11-6-4-10(5-7-11)18-13(9-15)17-12-3-2-8-16-14(12)18/h2-8H,9,15H2,1H3. The number of aromatic nitrogens is 3. The molecule has 0 fully saturated rings. The number of imidazole rings is 1. The number of pyridine rings is 1. The fourth-order valence-electron chi connectivity index (χ4n) is 2.10. The Balaban J connectivity index is 2.21. The van der Waals surface area contributed by atoms with E-state index in [0.717, 1.165) is 28.4 Å². The Kier molecular flexibility index (Phi) is 2.89. The molecule has 1 aromatic carbocycles. The van der Waals surface area contributed by atoms with E-state index in [1.807, 2.05) is 41.0 Å². The Morgan fingerprint density at radius 1 is 1.21 bits per heavy atom. The summed E-state index contributed by atoms with van der Waals surface area (Å²) in [5.41, 5.74) is 8.41. The summed E-state index contributed by atoms with van der Waals surface area (Å²) in [6.45, 7) is 0.363. The van der Waals surface area contributed by atoms with Gasteiger partial charge in [-0.2, -0.15) is 0 Å². The van der Waals surface area contributed by atoms with Gasteiger partial charge in [0.15, 0.2) is 5.65 Å². The van der Waals surface area contributed by atoms with Gasteiger partial charge in [-0.15, -0.1) is 0 Å². The van der Waals surface area contributed by atoms with Gasteiger partial charge in [0.1, 0.15) is 17.1 Å². The van der Waals surface area contributed by atoms with Crippen LogP contribution in [0.3, 0.4) is 0 Å². The first-order chi connectivity index (χ1) is 9.33. The van der Waals surface area contributed by atoms with Crippen LogP contribution in [0, 0.1) is 0 Å². The third kappa shape index (κ3) is 1.94. The first-order valence-corrected chi connectivity index (χ1v) is 6.00. The van der Waals surface area contributed by atoms with E-state index in [1.165, 1.54) is 0 Å². The van der Waals surface area contributed by atoms with Crippen LogP contribution in [0.1, 0.15) is 5.82 Å². The van der Waals surface area contributed by atoms with Gasteiger partial charge in [-0.25, -0.2) is 9.97 Å². The highest BCUT2D eigenvalue weighted by Gasteiger charge is 2.11. The smallest absolute Gasteiger partial charge is 0.164 e. The van der Waals surface area contributed by atoms with E-state index in [2.05, 4.69) is 9.97 Å². The molecule has 96 valence electrons. The van der Waals surface area contributed by atoms with Crippen molar-refractivity contribution in [3.8, 4) is 11.4 Å². The minimum Gasteiger partial charge on any atom is -0.497 e. The Hall–Kier alpha value is -2.40. The molecule has 2 aromatic heterocycles. The summed E-state index contributed by atoms with van der Waals surface area (Å²) in [7, 11) is 1.65. The maximum absolute atomic E-state index is 5.77. The fraction of sp³-hybridized carbons (Fsp3) is 0.143. The van der Waals surface area contributed by atoms with Gasteiger partial charge in [0.2, 0.25) is 0 Å². The van der Waals surface area contributed by atoms with Gasteiger partial charge in [-0.3, -0.25) is 4.57 Å². The van der Waals surface area contributed by atoms with E-state index in [1.54, 1.807) is 13.3 Å². The number of nitrogens with two attached hydrogens (primary N) is 1. The number of nitrogens with zero attached hydrogens (tertiary/aromatic N) is 3. The van der Waals surface area contributed by atoms with Crippen molar-refractivity contribution in [3.63, 3.8) is 0 Å². The predicted molar refractivity (Wildman–Crippen MR) is 73.3 cm³/mol. The van der Waals surface area contributed by atoms with E-state index < -0.39 is 0 Å². The average molecular weight is 254 g/mol. The van der Waals surface area contributed by atoms with E-state index in [0.29, 0.717) is 6.54 Å². The van der Waals surface area contributed by atoms with Gasteiger partial charge >= 0.3 is 0 Å². The molecule has 0 aliphatic rings. The zero-order valence-electron chi connectivity index (χ0n) is 10.6. The second-order valence-corrected chi connectivity index (χ2v) is 4.11. The van der Waals surface area contributed by atoms with Crippen molar-refractivity contribution in [1.29, 1.82) is 0 Å². The van der Waals surface area contributed by atoms with E-state index >= 15 is 0 Å². The minimum absolute atomic E-state index is 0.363. The molecule has 0 radical (unpaired) electrons. The number of hydrogen-bond donors (Lipinski definition) is 1. The number of benzene rings is 1. The number of ether oxygens (including phenoxy) is 1. The van der Waals surface area contributed by atoms with Gasteiger partial charge in [-0.05, 0) is 36.4 Å². The average Bonchev–Trinajstić information content (AvgIpc) is 2.86. The zero-order valence-corrected chi connectivity index (χ0v) is 10.6. The van der Waals surface area contributed by atoms with Crippen LogP contribution in [0.15, 0.2) is 42.6 Å². The molecule has 5 heteroatoms. The largest absolute Gasteiger partial charge is 0.497 e. The van der Waals surface area contributed by atoms with Gasteiger partial charge < -0.3 is 10.5 Å². The van der Waals surface area contributed by atoms with Crippen molar-refractivity contribution in [2.24, 2.45) is 5.73 Å². The van der Waals surface area contributed by atoms with Crippen molar-refractivity contribution in [1.82, 2.24) is 14.5 Å². The van der Waals surface area contributed by atoms with Crippen LogP contribution in [-0.4, -0.2) is 21.6 Å². The Morgan fingerprint density at radius 3 is 2.68 bits per heavy atom. The lowest BCUT2D eigenvalue weighted by molar-refractivity contribution is 0.414. The van der Waals surface area contributed by atoms with Crippen molar-refractivity contribution < 1.29 is 4.74 Å². The lowest BCUT2D eigenvalue weighted by atomic mass is 10.3. The SMILES string of the molecule is COc1ccc(-n2c(CN)nc3cccnc32)cc1. The van der Waals surface area contributed by atoms with Crippen molar-refractivity contribution in [2.45, 2.75) is 6.54 Å². The molecule has 0 amide bonds. The highest BCUT2D eigenvalue weighted by atomic mass is 16.5. The number of fused-ring (bicyclic) bond motifs is 1. The van der Waals surface area contributed by atoms with Crippen molar-refractivity contribution >= 4 is 11.2 Å². The summed E-state index contributed by atoms with van der Waals surface area (Å²) in [4.78, 5) is 8.88. The first-order valence-electron chi connectivity index (χ1n) is 6.00. The molecule has 0 atom stereocenters. The van der Waals surface area contributed by atoms with Gasteiger partial charge in [0.25, 0.3) is 0 Å². The molecule has 0 unspecified atom stereocenters. The van der Waals surface area contributed by atoms with E-state index in [-0.39, 0.29) is 0 Å².